The van der Waals surface area contributed by atoms with E-state index in [-0.39, 0.29) is 17.7 Å². The van der Waals surface area contributed by atoms with Gasteiger partial charge in [-0.1, -0.05) is 6.07 Å². The fourth-order valence-corrected chi connectivity index (χ4v) is 1.65. The van der Waals surface area contributed by atoms with Gasteiger partial charge in [0.2, 0.25) is 0 Å². The quantitative estimate of drug-likeness (QED) is 0.858. The molecule has 0 aliphatic carbocycles. The van der Waals surface area contributed by atoms with Crippen molar-refractivity contribution in [1.82, 2.24) is 9.03 Å². The molecule has 17 heavy (non-hydrogen) atoms. The van der Waals surface area contributed by atoms with Crippen molar-refractivity contribution in [3.8, 4) is 6.07 Å². The van der Waals surface area contributed by atoms with Crippen LogP contribution in [0.1, 0.15) is 11.1 Å². The number of halogens is 1. The number of rotatable bonds is 4. The van der Waals surface area contributed by atoms with Crippen molar-refractivity contribution < 1.29 is 12.8 Å². The Morgan fingerprint density at radius 3 is 2.59 bits per heavy atom. The first kappa shape index (κ1) is 13.6. The Balaban J connectivity index is 2.82. The fourth-order valence-electron chi connectivity index (χ4n) is 1.06. The Morgan fingerprint density at radius 2 is 2.12 bits per heavy atom. The molecule has 0 saturated carbocycles. The molecule has 0 radical (unpaired) electrons. The van der Waals surface area contributed by atoms with Crippen LogP contribution in [0.25, 0.3) is 0 Å². The van der Waals surface area contributed by atoms with Crippen molar-refractivity contribution in [2.24, 2.45) is 0 Å². The van der Waals surface area contributed by atoms with Crippen LogP contribution in [0.3, 0.4) is 0 Å². The highest BCUT2D eigenvalue weighted by Gasteiger charge is 2.13. The van der Waals surface area contributed by atoms with Gasteiger partial charge in [0.15, 0.2) is 0 Å². The lowest BCUT2D eigenvalue weighted by Crippen LogP contribution is -2.35. The molecule has 0 saturated heterocycles. The fraction of sp³-hybridized carbons (Fsp3) is 0.300. The van der Waals surface area contributed by atoms with Gasteiger partial charge in [-0.25, -0.2) is 4.39 Å². The van der Waals surface area contributed by atoms with E-state index in [9.17, 15) is 12.8 Å². The highest BCUT2D eigenvalue weighted by molar-refractivity contribution is 7.87. The molecule has 0 aromatic heterocycles. The van der Waals surface area contributed by atoms with E-state index < -0.39 is 16.0 Å². The first-order chi connectivity index (χ1) is 7.86. The molecule has 0 heterocycles. The van der Waals surface area contributed by atoms with E-state index in [1.54, 1.807) is 6.07 Å². The average Bonchev–Trinajstić information content (AvgIpc) is 2.27. The van der Waals surface area contributed by atoms with Crippen LogP contribution < -0.4 is 4.72 Å². The smallest absolute Gasteiger partial charge is 0.207 e. The maximum absolute atomic E-state index is 13.4. The van der Waals surface area contributed by atoms with Crippen LogP contribution in [-0.2, 0) is 16.8 Å². The molecule has 7 heteroatoms. The van der Waals surface area contributed by atoms with E-state index >= 15 is 0 Å². The molecule has 1 N–H and O–H groups in total. The molecular weight excluding hydrogens is 245 g/mol. The van der Waals surface area contributed by atoms with Crippen molar-refractivity contribution >= 4 is 10.2 Å². The molecule has 0 bridgehead atoms. The monoisotopic (exact) mass is 257 g/mol. The topological polar surface area (TPSA) is 73.2 Å². The SMILES string of the molecule is CN(C)S(=O)(=O)NCc1ccc(C#N)cc1F. The summed E-state index contributed by atoms with van der Waals surface area (Å²) in [6.07, 6.45) is 0. The summed E-state index contributed by atoms with van der Waals surface area (Å²) in [6.45, 7) is -0.155. The lowest BCUT2D eigenvalue weighted by atomic mass is 10.1. The Hall–Kier alpha value is -1.49. The second-order valence-electron chi connectivity index (χ2n) is 3.53. The van der Waals surface area contributed by atoms with Crippen molar-refractivity contribution in [3.05, 3.63) is 35.1 Å². The van der Waals surface area contributed by atoms with Crippen molar-refractivity contribution in [1.29, 1.82) is 5.26 Å². The molecule has 0 aliphatic heterocycles. The van der Waals surface area contributed by atoms with Crippen LogP contribution in [0, 0.1) is 17.1 Å². The molecule has 92 valence electrons. The van der Waals surface area contributed by atoms with Gasteiger partial charge in [0.05, 0.1) is 11.6 Å². The molecule has 1 aromatic carbocycles. The first-order valence-electron chi connectivity index (χ1n) is 4.72. The van der Waals surface area contributed by atoms with E-state index in [4.69, 9.17) is 5.26 Å². The van der Waals surface area contributed by atoms with Crippen LogP contribution in [0.2, 0.25) is 0 Å². The second-order valence-corrected chi connectivity index (χ2v) is 5.50. The molecule has 0 spiro atoms. The summed E-state index contributed by atoms with van der Waals surface area (Å²) in [6, 6.07) is 5.68. The van der Waals surface area contributed by atoms with E-state index in [0.29, 0.717) is 0 Å². The maximum atomic E-state index is 13.4. The Kier molecular flexibility index (Phi) is 4.17. The number of hydrogen-bond acceptors (Lipinski definition) is 3. The highest BCUT2D eigenvalue weighted by atomic mass is 32.2. The van der Waals surface area contributed by atoms with Gasteiger partial charge in [-0.2, -0.15) is 22.7 Å². The molecule has 0 atom stereocenters. The van der Waals surface area contributed by atoms with Gasteiger partial charge in [0.1, 0.15) is 5.82 Å². The van der Waals surface area contributed by atoms with Gasteiger partial charge in [0.25, 0.3) is 10.2 Å². The van der Waals surface area contributed by atoms with E-state index in [1.807, 2.05) is 0 Å². The van der Waals surface area contributed by atoms with Crippen LogP contribution >= 0.6 is 0 Å². The van der Waals surface area contributed by atoms with Crippen molar-refractivity contribution in [3.63, 3.8) is 0 Å². The third-order valence-corrected chi connectivity index (χ3v) is 3.58. The predicted molar refractivity (Wildman–Crippen MR) is 60.6 cm³/mol. The summed E-state index contributed by atoms with van der Waals surface area (Å²) in [5.74, 6) is -0.606. The van der Waals surface area contributed by atoms with Crippen molar-refractivity contribution in [2.45, 2.75) is 6.54 Å². The van der Waals surface area contributed by atoms with Gasteiger partial charge in [-0.3, -0.25) is 0 Å². The summed E-state index contributed by atoms with van der Waals surface area (Å²) in [4.78, 5) is 0. The summed E-state index contributed by atoms with van der Waals surface area (Å²) < 4.78 is 39.4. The minimum Gasteiger partial charge on any atom is -0.207 e. The summed E-state index contributed by atoms with van der Waals surface area (Å²) in [7, 11) is -0.832. The molecule has 0 fully saturated rings. The first-order valence-corrected chi connectivity index (χ1v) is 6.16. The molecule has 0 unspecified atom stereocenters. The normalized spacial score (nSPS) is 11.5. The molecule has 0 aliphatic rings. The number of benzene rings is 1. The Labute approximate surface area is 99.7 Å². The molecule has 0 amide bonds. The minimum atomic E-state index is -3.58. The summed E-state index contributed by atoms with van der Waals surface area (Å²) >= 11 is 0. The van der Waals surface area contributed by atoms with E-state index in [1.165, 1.54) is 26.2 Å². The molecule has 5 nitrogen and oxygen atoms in total. The predicted octanol–water partition coefficient (Wildman–Crippen LogP) is 0.593. The lowest BCUT2D eigenvalue weighted by Gasteiger charge is -2.12. The third kappa shape index (κ3) is 3.49. The molecule has 1 aromatic rings. The number of nitrogens with zero attached hydrogens (tertiary/aromatic N) is 2. The van der Waals surface area contributed by atoms with Crippen LogP contribution in [0.4, 0.5) is 4.39 Å². The van der Waals surface area contributed by atoms with Gasteiger partial charge < -0.3 is 0 Å². The van der Waals surface area contributed by atoms with Gasteiger partial charge in [-0.05, 0) is 12.1 Å². The van der Waals surface area contributed by atoms with Crippen molar-refractivity contribution in [2.75, 3.05) is 14.1 Å². The molecular formula is C10H12FN3O2S. The Bertz CT molecular complexity index is 549. The average molecular weight is 257 g/mol. The second kappa shape index (κ2) is 5.23. The number of nitrogens with one attached hydrogen (secondary N) is 1. The zero-order chi connectivity index (χ0) is 13.1. The lowest BCUT2D eigenvalue weighted by molar-refractivity contribution is 0.503. The highest BCUT2D eigenvalue weighted by Crippen LogP contribution is 2.10. The standard InChI is InChI=1S/C10H12FN3O2S/c1-14(2)17(15,16)13-7-9-4-3-8(6-12)5-10(9)11/h3-5,13H,7H2,1-2H3. The largest absolute Gasteiger partial charge is 0.279 e. The maximum Gasteiger partial charge on any atom is 0.279 e. The van der Waals surface area contributed by atoms with E-state index in [2.05, 4.69) is 4.72 Å². The van der Waals surface area contributed by atoms with Gasteiger partial charge in [0, 0.05) is 26.2 Å². The van der Waals surface area contributed by atoms with Gasteiger partial charge >= 0.3 is 0 Å². The Morgan fingerprint density at radius 1 is 1.47 bits per heavy atom. The van der Waals surface area contributed by atoms with Crippen LogP contribution in [-0.4, -0.2) is 26.8 Å². The van der Waals surface area contributed by atoms with E-state index in [0.717, 1.165) is 10.4 Å². The zero-order valence-corrected chi connectivity index (χ0v) is 10.3. The zero-order valence-electron chi connectivity index (χ0n) is 9.44. The number of nitriles is 1. The third-order valence-electron chi connectivity index (χ3n) is 2.11. The number of hydrogen-bond donors (Lipinski definition) is 1. The minimum absolute atomic E-state index is 0.155. The van der Waals surface area contributed by atoms with Gasteiger partial charge in [-0.15, -0.1) is 0 Å². The van der Waals surface area contributed by atoms with Crippen LogP contribution in [0.5, 0.6) is 0 Å². The summed E-state index contributed by atoms with van der Waals surface area (Å²) in [5.41, 5.74) is 0.385. The summed E-state index contributed by atoms with van der Waals surface area (Å²) in [5, 5.41) is 8.55. The van der Waals surface area contributed by atoms with Crippen LogP contribution in [0.15, 0.2) is 18.2 Å². The molecule has 1 rings (SSSR count).